The van der Waals surface area contributed by atoms with Crippen molar-refractivity contribution in [1.29, 1.82) is 0 Å². The molecule has 2 N–H and O–H groups in total. The number of benzene rings is 1. The number of nitrogens with zero attached hydrogens (tertiary/aromatic N) is 1. The highest BCUT2D eigenvalue weighted by Crippen LogP contribution is 2.37. The normalized spacial score (nSPS) is 23.1. The van der Waals surface area contributed by atoms with E-state index in [2.05, 4.69) is 17.2 Å². The van der Waals surface area contributed by atoms with Crippen LogP contribution < -0.4 is 20.1 Å². The quantitative estimate of drug-likeness (QED) is 0.764. The lowest BCUT2D eigenvalue weighted by Crippen LogP contribution is -2.55. The Balaban J connectivity index is 1.97. The van der Waals surface area contributed by atoms with Gasteiger partial charge in [0.05, 0.1) is 33.5 Å². The fraction of sp³-hybridized carbons (Fsp3) is 0.444. The Morgan fingerprint density at radius 2 is 2.04 bits per heavy atom. The van der Waals surface area contributed by atoms with Crippen molar-refractivity contribution in [3.05, 3.63) is 36.0 Å². The molecular formula is C18H23N3O4S. The summed E-state index contributed by atoms with van der Waals surface area (Å²) in [7, 11) is 3.18. The molecule has 2 aliphatic heterocycles. The van der Waals surface area contributed by atoms with E-state index in [0.717, 1.165) is 5.56 Å². The zero-order valence-corrected chi connectivity index (χ0v) is 15.7. The highest BCUT2D eigenvalue weighted by molar-refractivity contribution is 7.80. The lowest BCUT2D eigenvalue weighted by atomic mass is 9.87. The average Bonchev–Trinajstić information content (AvgIpc) is 2.67. The number of carbonyl (C=O) groups excluding carboxylic acids is 1. The van der Waals surface area contributed by atoms with Gasteiger partial charge in [-0.3, -0.25) is 4.79 Å². The molecule has 2 atom stereocenters. The zero-order valence-electron chi connectivity index (χ0n) is 14.9. The molecule has 140 valence electrons. The number of methoxy groups -OCH3 is 2. The van der Waals surface area contributed by atoms with Crippen molar-refractivity contribution in [2.45, 2.75) is 6.04 Å². The van der Waals surface area contributed by atoms with Crippen molar-refractivity contribution in [2.75, 3.05) is 40.5 Å². The van der Waals surface area contributed by atoms with Gasteiger partial charge < -0.3 is 29.7 Å². The number of amides is 1. The Kier molecular flexibility index (Phi) is 5.63. The molecule has 0 spiro atoms. The van der Waals surface area contributed by atoms with Crippen LogP contribution in [0.4, 0.5) is 0 Å². The fourth-order valence-corrected chi connectivity index (χ4v) is 3.55. The average molecular weight is 377 g/mol. The smallest absolute Gasteiger partial charge is 0.234 e. The summed E-state index contributed by atoms with van der Waals surface area (Å²) < 4.78 is 16.1. The lowest BCUT2D eigenvalue weighted by molar-refractivity contribution is -0.139. The number of nitrogens with one attached hydrogen (secondary N) is 2. The van der Waals surface area contributed by atoms with Crippen LogP contribution in [0.25, 0.3) is 0 Å². The van der Waals surface area contributed by atoms with E-state index in [-0.39, 0.29) is 11.9 Å². The molecular weight excluding hydrogens is 354 g/mol. The largest absolute Gasteiger partial charge is 0.497 e. The molecule has 1 amide bonds. The van der Waals surface area contributed by atoms with Crippen molar-refractivity contribution in [2.24, 2.45) is 5.92 Å². The van der Waals surface area contributed by atoms with E-state index in [9.17, 15) is 4.79 Å². The van der Waals surface area contributed by atoms with Crippen LogP contribution >= 0.6 is 12.2 Å². The number of ether oxygens (including phenoxy) is 3. The molecule has 2 aliphatic rings. The summed E-state index contributed by atoms with van der Waals surface area (Å²) in [6.45, 7) is 6.27. The molecule has 8 heteroatoms. The molecule has 0 saturated carbocycles. The monoisotopic (exact) mass is 377 g/mol. The Bertz CT molecular complexity index is 718. The van der Waals surface area contributed by atoms with Gasteiger partial charge in [-0.2, -0.15) is 0 Å². The van der Waals surface area contributed by atoms with Gasteiger partial charge in [0.15, 0.2) is 5.11 Å². The van der Waals surface area contributed by atoms with Crippen LogP contribution in [-0.4, -0.2) is 56.4 Å². The second kappa shape index (κ2) is 7.92. The minimum atomic E-state index is -0.512. The van der Waals surface area contributed by atoms with Crippen molar-refractivity contribution in [3.8, 4) is 11.5 Å². The fourth-order valence-electron chi connectivity index (χ4n) is 3.29. The van der Waals surface area contributed by atoms with Crippen molar-refractivity contribution in [1.82, 2.24) is 15.5 Å². The van der Waals surface area contributed by atoms with Gasteiger partial charge in [-0.05, 0) is 24.4 Å². The van der Waals surface area contributed by atoms with E-state index >= 15 is 0 Å². The van der Waals surface area contributed by atoms with Crippen LogP contribution in [0.5, 0.6) is 11.5 Å². The third-order valence-electron chi connectivity index (χ3n) is 4.63. The van der Waals surface area contributed by atoms with Gasteiger partial charge in [-0.25, -0.2) is 0 Å². The van der Waals surface area contributed by atoms with Gasteiger partial charge in [0, 0.05) is 30.4 Å². The number of hydrogen-bond donors (Lipinski definition) is 2. The zero-order chi connectivity index (χ0) is 18.7. The number of carbonyl (C=O) groups is 1. The predicted molar refractivity (Wildman–Crippen MR) is 101 cm³/mol. The van der Waals surface area contributed by atoms with E-state index in [1.165, 1.54) is 0 Å². The van der Waals surface area contributed by atoms with E-state index in [4.69, 9.17) is 26.4 Å². The van der Waals surface area contributed by atoms with E-state index < -0.39 is 5.92 Å². The second-order valence-electron chi connectivity index (χ2n) is 6.12. The molecule has 0 aromatic heterocycles. The van der Waals surface area contributed by atoms with Crippen LogP contribution in [0.3, 0.4) is 0 Å². The summed E-state index contributed by atoms with van der Waals surface area (Å²) in [5.41, 5.74) is 1.40. The van der Waals surface area contributed by atoms with Crippen LogP contribution in [0.2, 0.25) is 0 Å². The summed E-state index contributed by atoms with van der Waals surface area (Å²) in [6, 6.07) is 5.13. The van der Waals surface area contributed by atoms with Crippen LogP contribution in [0, 0.1) is 5.92 Å². The topological polar surface area (TPSA) is 72.1 Å². The van der Waals surface area contributed by atoms with Gasteiger partial charge >= 0.3 is 0 Å². The summed E-state index contributed by atoms with van der Waals surface area (Å²) in [5.74, 6) is 0.780. The first-order chi connectivity index (χ1) is 12.5. The van der Waals surface area contributed by atoms with Crippen LogP contribution in [0.1, 0.15) is 11.6 Å². The maximum Gasteiger partial charge on any atom is 0.234 e. The maximum atomic E-state index is 13.2. The Labute approximate surface area is 158 Å². The molecule has 0 aliphatic carbocycles. The highest BCUT2D eigenvalue weighted by Gasteiger charge is 2.40. The molecule has 1 aromatic rings. The Hall–Kier alpha value is -2.32. The number of thiocarbonyl (C=S) groups is 1. The van der Waals surface area contributed by atoms with E-state index in [1.54, 1.807) is 25.2 Å². The molecule has 7 nitrogen and oxygen atoms in total. The third-order valence-corrected chi connectivity index (χ3v) is 4.85. The number of rotatable bonds is 4. The maximum absolute atomic E-state index is 13.2. The molecule has 0 radical (unpaired) electrons. The molecule has 1 aromatic carbocycles. The van der Waals surface area contributed by atoms with Gasteiger partial charge in [0.2, 0.25) is 5.91 Å². The minimum Gasteiger partial charge on any atom is -0.497 e. The van der Waals surface area contributed by atoms with Gasteiger partial charge in [-0.1, -0.05) is 6.58 Å². The third kappa shape index (κ3) is 3.61. The molecule has 3 rings (SSSR count). The Morgan fingerprint density at radius 3 is 2.69 bits per heavy atom. The van der Waals surface area contributed by atoms with Gasteiger partial charge in [0.1, 0.15) is 17.4 Å². The summed E-state index contributed by atoms with van der Waals surface area (Å²) in [4.78, 5) is 15.0. The Morgan fingerprint density at radius 1 is 1.31 bits per heavy atom. The predicted octanol–water partition coefficient (Wildman–Crippen LogP) is 1.21. The minimum absolute atomic E-state index is 0.0105. The van der Waals surface area contributed by atoms with Crippen molar-refractivity contribution < 1.29 is 19.0 Å². The molecule has 2 heterocycles. The lowest BCUT2D eigenvalue weighted by Gasteiger charge is -2.39. The molecule has 2 fully saturated rings. The van der Waals surface area contributed by atoms with Crippen molar-refractivity contribution in [3.63, 3.8) is 0 Å². The van der Waals surface area contributed by atoms with E-state index in [0.29, 0.717) is 48.6 Å². The SMILES string of the molecule is C=C1NC(=S)N[C@@H](c2ccc(OC)cc2OC)[C@@H]1C(=O)N1CCOCC1. The highest BCUT2D eigenvalue weighted by atomic mass is 32.1. The molecule has 2 saturated heterocycles. The van der Waals surface area contributed by atoms with Crippen LogP contribution in [0.15, 0.2) is 30.5 Å². The summed E-state index contributed by atoms with van der Waals surface area (Å²) >= 11 is 5.29. The second-order valence-corrected chi connectivity index (χ2v) is 6.53. The van der Waals surface area contributed by atoms with Crippen LogP contribution in [-0.2, 0) is 9.53 Å². The first-order valence-corrected chi connectivity index (χ1v) is 8.80. The van der Waals surface area contributed by atoms with E-state index in [1.807, 2.05) is 12.1 Å². The van der Waals surface area contributed by atoms with Gasteiger partial charge in [0.25, 0.3) is 0 Å². The van der Waals surface area contributed by atoms with Gasteiger partial charge in [-0.15, -0.1) is 0 Å². The van der Waals surface area contributed by atoms with Crippen molar-refractivity contribution >= 4 is 23.2 Å². The molecule has 0 bridgehead atoms. The first kappa shape index (κ1) is 18.5. The number of morpholine rings is 1. The number of hydrogen-bond acceptors (Lipinski definition) is 5. The molecule has 0 unspecified atom stereocenters. The first-order valence-electron chi connectivity index (χ1n) is 8.40. The molecule has 26 heavy (non-hydrogen) atoms. The summed E-state index contributed by atoms with van der Waals surface area (Å²) in [6.07, 6.45) is 0. The standard InChI is InChI=1S/C18H23N3O4S/c1-11-15(17(22)21-6-8-25-9-7-21)16(20-18(26)19-11)13-5-4-12(23-2)10-14(13)24-3/h4-5,10,15-16H,1,6-9H2,2-3H3,(H2,19,20,26)/t15-,16+/m1/s1. The summed E-state index contributed by atoms with van der Waals surface area (Å²) in [5, 5.41) is 6.63.